The van der Waals surface area contributed by atoms with E-state index < -0.39 is 27.0 Å². The molecule has 0 fully saturated rings. The molecule has 1 N–H and O–H groups in total. The minimum atomic E-state index is -3.54. The van der Waals surface area contributed by atoms with Crippen LogP contribution >= 0.6 is 23.2 Å². The summed E-state index contributed by atoms with van der Waals surface area (Å²) in [6, 6.07) is 3.75. The number of aryl methyl sites for hydroxylation is 1. The molecule has 26 heavy (non-hydrogen) atoms. The van der Waals surface area contributed by atoms with E-state index >= 15 is 0 Å². The van der Waals surface area contributed by atoms with Crippen LogP contribution in [0.15, 0.2) is 29.3 Å². The Morgan fingerprint density at radius 3 is 2.23 bits per heavy atom. The number of nitrogens with one attached hydrogen (secondary N) is 1. The number of sulfone groups is 1. The number of rotatable bonds is 4. The van der Waals surface area contributed by atoms with Crippen molar-refractivity contribution in [3.63, 3.8) is 0 Å². The average Bonchev–Trinajstić information content (AvgIpc) is 2.85. The van der Waals surface area contributed by atoms with Crippen molar-refractivity contribution in [1.82, 2.24) is 4.57 Å². The smallest absolute Gasteiger partial charge is 0.272 e. The predicted octanol–water partition coefficient (Wildman–Crippen LogP) is 4.54. The molecule has 0 atom stereocenters. The fourth-order valence-electron chi connectivity index (χ4n) is 2.41. The SMILES string of the molecule is Cn1cc(S(=O)(=O)CC(C)(C)C)cc1C(=O)Nc1cc(Cl)c(F)c(Cl)c1. The molecule has 0 spiro atoms. The first-order valence-electron chi connectivity index (χ1n) is 7.65. The first-order chi connectivity index (χ1) is 11.8. The van der Waals surface area contributed by atoms with Crippen molar-refractivity contribution in [2.75, 3.05) is 11.1 Å². The van der Waals surface area contributed by atoms with E-state index in [0.717, 1.165) is 0 Å². The highest BCUT2D eigenvalue weighted by molar-refractivity contribution is 7.91. The molecule has 0 saturated carbocycles. The van der Waals surface area contributed by atoms with Gasteiger partial charge in [-0.2, -0.15) is 0 Å². The van der Waals surface area contributed by atoms with Gasteiger partial charge >= 0.3 is 0 Å². The van der Waals surface area contributed by atoms with Gasteiger partial charge in [0.25, 0.3) is 5.91 Å². The molecule has 0 aliphatic rings. The summed E-state index contributed by atoms with van der Waals surface area (Å²) in [5, 5.41) is 2.07. The van der Waals surface area contributed by atoms with Gasteiger partial charge in [0.05, 0.1) is 20.7 Å². The van der Waals surface area contributed by atoms with Crippen LogP contribution < -0.4 is 5.32 Å². The topological polar surface area (TPSA) is 68.2 Å². The standard InChI is InChI=1S/C17H19Cl2FN2O3S/c1-17(2,3)9-26(24,25)11-7-14(22(4)8-11)16(23)21-10-5-12(18)15(20)13(19)6-10/h5-8H,9H2,1-4H3,(H,21,23). The summed E-state index contributed by atoms with van der Waals surface area (Å²) in [6.45, 7) is 5.47. The van der Waals surface area contributed by atoms with Crippen LogP contribution in [0.25, 0.3) is 0 Å². The molecule has 1 aromatic heterocycles. The van der Waals surface area contributed by atoms with Crippen molar-refractivity contribution in [3.05, 3.63) is 46.0 Å². The number of hydrogen-bond donors (Lipinski definition) is 1. The number of carbonyl (C=O) groups is 1. The lowest BCUT2D eigenvalue weighted by atomic mass is 10.0. The minimum Gasteiger partial charge on any atom is -0.345 e. The predicted molar refractivity (Wildman–Crippen MR) is 101 cm³/mol. The Labute approximate surface area is 162 Å². The highest BCUT2D eigenvalue weighted by Crippen LogP contribution is 2.28. The Hall–Kier alpha value is -1.57. The van der Waals surface area contributed by atoms with Crippen LogP contribution in [0.5, 0.6) is 0 Å². The van der Waals surface area contributed by atoms with Crippen molar-refractivity contribution in [2.45, 2.75) is 25.7 Å². The second kappa shape index (κ2) is 7.21. The molecule has 0 unspecified atom stereocenters. The summed E-state index contributed by atoms with van der Waals surface area (Å²) < 4.78 is 39.9. The molecule has 1 amide bonds. The van der Waals surface area contributed by atoms with Gasteiger partial charge in [0.2, 0.25) is 0 Å². The quantitative estimate of drug-likeness (QED) is 0.737. The van der Waals surface area contributed by atoms with Crippen LogP contribution in [0.3, 0.4) is 0 Å². The highest BCUT2D eigenvalue weighted by atomic mass is 35.5. The monoisotopic (exact) mass is 420 g/mol. The second-order valence-electron chi connectivity index (χ2n) is 7.20. The molecule has 9 heteroatoms. The Morgan fingerprint density at radius 2 is 1.73 bits per heavy atom. The second-order valence-corrected chi connectivity index (χ2v) is 10.0. The minimum absolute atomic E-state index is 0.0474. The van der Waals surface area contributed by atoms with E-state index in [-0.39, 0.29) is 32.1 Å². The Balaban J connectivity index is 2.30. The maximum atomic E-state index is 13.5. The summed E-state index contributed by atoms with van der Waals surface area (Å²) >= 11 is 11.4. The molecule has 1 heterocycles. The molecule has 142 valence electrons. The molecular weight excluding hydrogens is 402 g/mol. The zero-order valence-corrected chi connectivity index (χ0v) is 17.1. The van der Waals surface area contributed by atoms with Gasteiger partial charge in [-0.1, -0.05) is 44.0 Å². The van der Waals surface area contributed by atoms with E-state index in [2.05, 4.69) is 5.32 Å². The molecule has 5 nitrogen and oxygen atoms in total. The van der Waals surface area contributed by atoms with Crippen LogP contribution in [0.2, 0.25) is 10.0 Å². The number of benzene rings is 1. The molecule has 2 rings (SSSR count). The lowest BCUT2D eigenvalue weighted by molar-refractivity contribution is 0.101. The van der Waals surface area contributed by atoms with Gasteiger partial charge in [-0.25, -0.2) is 12.8 Å². The molecule has 0 bridgehead atoms. The molecular formula is C17H19Cl2FN2O3S. The first-order valence-corrected chi connectivity index (χ1v) is 10.1. The van der Waals surface area contributed by atoms with E-state index in [1.165, 1.54) is 29.0 Å². The van der Waals surface area contributed by atoms with E-state index in [1.807, 2.05) is 20.8 Å². The first kappa shape index (κ1) is 20.7. The summed E-state index contributed by atoms with van der Waals surface area (Å²) in [5.74, 6) is -1.39. The number of carbonyl (C=O) groups excluding carboxylic acids is 1. The zero-order valence-electron chi connectivity index (χ0n) is 14.7. The normalized spacial score (nSPS) is 12.3. The lowest BCUT2D eigenvalue weighted by Gasteiger charge is -2.17. The van der Waals surface area contributed by atoms with Gasteiger partial charge in [-0.05, 0) is 23.6 Å². The van der Waals surface area contributed by atoms with Gasteiger partial charge in [0.1, 0.15) is 5.69 Å². The fraction of sp³-hybridized carbons (Fsp3) is 0.353. The van der Waals surface area contributed by atoms with Crippen LogP contribution in [-0.4, -0.2) is 24.6 Å². The van der Waals surface area contributed by atoms with Crippen LogP contribution in [0, 0.1) is 11.2 Å². The zero-order chi connectivity index (χ0) is 19.9. The van der Waals surface area contributed by atoms with E-state index in [0.29, 0.717) is 0 Å². The Bertz CT molecular complexity index is 940. The molecule has 0 aliphatic heterocycles. The van der Waals surface area contributed by atoms with Crippen molar-refractivity contribution in [3.8, 4) is 0 Å². The highest BCUT2D eigenvalue weighted by Gasteiger charge is 2.26. The van der Waals surface area contributed by atoms with Crippen LogP contribution in [0.1, 0.15) is 31.3 Å². The third kappa shape index (κ3) is 4.78. The lowest BCUT2D eigenvalue weighted by Crippen LogP contribution is -2.20. The molecule has 2 aromatic rings. The number of amides is 1. The van der Waals surface area contributed by atoms with E-state index in [1.54, 1.807) is 7.05 Å². The van der Waals surface area contributed by atoms with E-state index in [4.69, 9.17) is 23.2 Å². The van der Waals surface area contributed by atoms with Gasteiger partial charge < -0.3 is 9.88 Å². The van der Waals surface area contributed by atoms with Crippen molar-refractivity contribution < 1.29 is 17.6 Å². The maximum Gasteiger partial charge on any atom is 0.272 e. The summed E-state index contributed by atoms with van der Waals surface area (Å²) in [7, 11) is -1.97. The van der Waals surface area contributed by atoms with Gasteiger partial charge in [0, 0.05) is 18.9 Å². The summed E-state index contributed by atoms with van der Waals surface area (Å²) in [5.41, 5.74) is -0.0839. The molecule has 0 aliphatic carbocycles. The fourth-order valence-corrected chi connectivity index (χ4v) is 4.81. The van der Waals surface area contributed by atoms with Gasteiger partial charge in [0.15, 0.2) is 15.7 Å². The molecule has 0 saturated heterocycles. The third-order valence-electron chi connectivity index (χ3n) is 3.44. The maximum absolute atomic E-state index is 13.5. The van der Waals surface area contributed by atoms with Gasteiger partial charge in [-0.3, -0.25) is 4.79 Å². The number of nitrogens with zero attached hydrogens (tertiary/aromatic N) is 1. The third-order valence-corrected chi connectivity index (χ3v) is 6.17. The van der Waals surface area contributed by atoms with Gasteiger partial charge in [-0.15, -0.1) is 0 Å². The van der Waals surface area contributed by atoms with Crippen LogP contribution in [0.4, 0.5) is 10.1 Å². The van der Waals surface area contributed by atoms with Crippen LogP contribution in [-0.2, 0) is 16.9 Å². The molecule has 0 radical (unpaired) electrons. The summed E-state index contributed by atoms with van der Waals surface area (Å²) in [6.07, 6.45) is 1.39. The average molecular weight is 421 g/mol. The largest absolute Gasteiger partial charge is 0.345 e. The number of aromatic nitrogens is 1. The number of hydrogen-bond acceptors (Lipinski definition) is 3. The van der Waals surface area contributed by atoms with Crippen molar-refractivity contribution in [1.29, 1.82) is 0 Å². The van der Waals surface area contributed by atoms with Crippen molar-refractivity contribution in [2.24, 2.45) is 12.5 Å². The Morgan fingerprint density at radius 1 is 1.19 bits per heavy atom. The Kier molecular flexibility index (Phi) is 5.75. The summed E-state index contributed by atoms with van der Waals surface area (Å²) in [4.78, 5) is 12.5. The van der Waals surface area contributed by atoms with Crippen molar-refractivity contribution >= 4 is 44.6 Å². The molecule has 1 aromatic carbocycles. The number of anilines is 1. The van der Waals surface area contributed by atoms with E-state index in [9.17, 15) is 17.6 Å². The number of halogens is 3.